The highest BCUT2D eigenvalue weighted by molar-refractivity contribution is 6.37. The summed E-state index contributed by atoms with van der Waals surface area (Å²) in [6, 6.07) is 6.24. The van der Waals surface area contributed by atoms with E-state index in [9.17, 15) is 4.39 Å². The number of aromatic nitrogens is 2. The second-order valence-electron chi connectivity index (χ2n) is 4.31. The van der Waals surface area contributed by atoms with Gasteiger partial charge in [-0.3, -0.25) is 0 Å². The summed E-state index contributed by atoms with van der Waals surface area (Å²) in [5.74, 6) is 0.0929. The molecular formula is C13H12Cl2FN3. The number of rotatable bonds is 3. The first kappa shape index (κ1) is 14.2. The lowest BCUT2D eigenvalue weighted by Crippen LogP contribution is -2.14. The second kappa shape index (κ2) is 5.82. The van der Waals surface area contributed by atoms with E-state index in [4.69, 9.17) is 23.2 Å². The first-order valence-electron chi connectivity index (χ1n) is 5.60. The number of halogens is 3. The van der Waals surface area contributed by atoms with Crippen molar-refractivity contribution >= 4 is 23.2 Å². The minimum absolute atomic E-state index is 0.155. The van der Waals surface area contributed by atoms with Crippen molar-refractivity contribution in [2.24, 2.45) is 0 Å². The first-order chi connectivity index (χ1) is 8.99. The third-order valence-corrected chi connectivity index (χ3v) is 3.01. The molecule has 2 rings (SSSR count). The number of hydrogen-bond donors (Lipinski definition) is 0. The number of benzene rings is 1. The van der Waals surface area contributed by atoms with Crippen molar-refractivity contribution in [2.75, 3.05) is 14.1 Å². The topological polar surface area (TPSA) is 29.0 Å². The van der Waals surface area contributed by atoms with Crippen molar-refractivity contribution in [1.82, 2.24) is 14.9 Å². The lowest BCUT2D eigenvalue weighted by molar-refractivity contribution is 0.390. The van der Waals surface area contributed by atoms with Gasteiger partial charge in [-0.1, -0.05) is 41.4 Å². The van der Waals surface area contributed by atoms with E-state index in [1.807, 2.05) is 19.0 Å². The van der Waals surface area contributed by atoms with Gasteiger partial charge < -0.3 is 4.90 Å². The van der Waals surface area contributed by atoms with E-state index >= 15 is 0 Å². The Bertz CT molecular complexity index is 579. The van der Waals surface area contributed by atoms with E-state index < -0.39 is 5.82 Å². The molecule has 1 aromatic carbocycles. The molecule has 2 aromatic rings. The van der Waals surface area contributed by atoms with Crippen molar-refractivity contribution in [1.29, 1.82) is 0 Å². The average molecular weight is 300 g/mol. The molecule has 0 aliphatic rings. The Morgan fingerprint density at radius 3 is 2.21 bits per heavy atom. The molecule has 0 amide bonds. The molecule has 1 aromatic heterocycles. The zero-order valence-corrected chi connectivity index (χ0v) is 12.0. The van der Waals surface area contributed by atoms with E-state index in [0.717, 1.165) is 0 Å². The van der Waals surface area contributed by atoms with Crippen LogP contribution in [0.4, 0.5) is 4.39 Å². The van der Waals surface area contributed by atoms with Gasteiger partial charge >= 0.3 is 0 Å². The molecule has 6 heteroatoms. The molecule has 0 bridgehead atoms. The molecule has 3 nitrogen and oxygen atoms in total. The van der Waals surface area contributed by atoms with Gasteiger partial charge in [-0.05, 0) is 20.2 Å². The van der Waals surface area contributed by atoms with Crippen molar-refractivity contribution in [2.45, 2.75) is 6.54 Å². The van der Waals surface area contributed by atoms with Crippen LogP contribution < -0.4 is 0 Å². The van der Waals surface area contributed by atoms with Gasteiger partial charge in [0, 0.05) is 5.56 Å². The maximum Gasteiger partial charge on any atom is 0.145 e. The minimum Gasteiger partial charge on any atom is -0.302 e. The number of nitrogens with zero attached hydrogens (tertiary/aromatic N) is 3. The highest BCUT2D eigenvalue weighted by atomic mass is 35.5. The van der Waals surface area contributed by atoms with Crippen LogP contribution in [0.15, 0.2) is 24.3 Å². The van der Waals surface area contributed by atoms with E-state index in [1.54, 1.807) is 18.2 Å². The van der Waals surface area contributed by atoms with E-state index in [2.05, 4.69) is 9.97 Å². The fourth-order valence-corrected chi connectivity index (χ4v) is 2.31. The fraction of sp³-hybridized carbons (Fsp3) is 0.231. The Labute approximate surface area is 121 Å². The molecule has 0 aliphatic carbocycles. The van der Waals surface area contributed by atoms with E-state index in [1.165, 1.54) is 6.07 Å². The molecular weight excluding hydrogens is 288 g/mol. The molecule has 0 fully saturated rings. The summed E-state index contributed by atoms with van der Waals surface area (Å²) in [6.07, 6.45) is 0. The maximum atomic E-state index is 13.8. The molecule has 100 valence electrons. The lowest BCUT2D eigenvalue weighted by Gasteiger charge is -2.12. The summed E-state index contributed by atoms with van der Waals surface area (Å²) in [5, 5.41) is 0.309. The third-order valence-electron chi connectivity index (χ3n) is 2.47. The van der Waals surface area contributed by atoms with Crippen LogP contribution in [0.5, 0.6) is 0 Å². The van der Waals surface area contributed by atoms with Crippen LogP contribution in [0.25, 0.3) is 11.1 Å². The number of hydrogen-bond acceptors (Lipinski definition) is 3. The molecule has 0 atom stereocenters. The summed E-state index contributed by atoms with van der Waals surface area (Å²) < 4.78 is 13.8. The molecule has 0 saturated heterocycles. The molecule has 0 radical (unpaired) electrons. The maximum absolute atomic E-state index is 13.8. The van der Waals surface area contributed by atoms with Crippen molar-refractivity contribution < 1.29 is 4.39 Å². The highest BCUT2D eigenvalue weighted by Crippen LogP contribution is 2.33. The monoisotopic (exact) mass is 299 g/mol. The molecule has 0 spiro atoms. The molecule has 0 unspecified atom stereocenters. The van der Waals surface area contributed by atoms with Gasteiger partial charge in [-0.25, -0.2) is 14.4 Å². The Hall–Kier alpha value is -1.23. The Kier molecular flexibility index (Phi) is 4.34. The quantitative estimate of drug-likeness (QED) is 0.810. The largest absolute Gasteiger partial charge is 0.302 e. The molecule has 0 aliphatic heterocycles. The first-order valence-corrected chi connectivity index (χ1v) is 6.36. The SMILES string of the molecule is CN(C)Cc1nc(Cl)c(-c2ccccc2F)c(Cl)n1. The molecule has 0 saturated carbocycles. The molecule has 19 heavy (non-hydrogen) atoms. The summed E-state index contributed by atoms with van der Waals surface area (Å²) in [6.45, 7) is 0.511. The zero-order valence-electron chi connectivity index (χ0n) is 10.5. The second-order valence-corrected chi connectivity index (χ2v) is 5.03. The Morgan fingerprint density at radius 1 is 1.11 bits per heavy atom. The normalized spacial score (nSPS) is 11.1. The highest BCUT2D eigenvalue weighted by Gasteiger charge is 2.16. The fourth-order valence-electron chi connectivity index (χ4n) is 1.69. The van der Waals surface area contributed by atoms with Crippen molar-refractivity contribution in [3.63, 3.8) is 0 Å². The predicted octanol–water partition coefficient (Wildman–Crippen LogP) is 3.65. The summed E-state index contributed by atoms with van der Waals surface area (Å²) >= 11 is 12.2. The van der Waals surface area contributed by atoms with Crippen LogP contribution in [-0.4, -0.2) is 29.0 Å². The smallest absolute Gasteiger partial charge is 0.145 e. The molecule has 1 heterocycles. The summed E-state index contributed by atoms with van der Waals surface area (Å²) in [7, 11) is 3.77. The van der Waals surface area contributed by atoms with Crippen LogP contribution in [-0.2, 0) is 6.54 Å². The predicted molar refractivity (Wildman–Crippen MR) is 74.8 cm³/mol. The Balaban J connectivity index is 2.51. The van der Waals surface area contributed by atoms with Crippen LogP contribution in [0.2, 0.25) is 10.3 Å². The van der Waals surface area contributed by atoms with Gasteiger partial charge in [-0.15, -0.1) is 0 Å². The van der Waals surface area contributed by atoms with Crippen LogP contribution in [0, 0.1) is 5.82 Å². The van der Waals surface area contributed by atoms with Crippen molar-refractivity contribution in [3.05, 3.63) is 46.2 Å². The standard InChI is InChI=1S/C13H12Cl2FN3/c1-19(2)7-10-17-12(14)11(13(15)18-10)8-5-3-4-6-9(8)16/h3-6H,7H2,1-2H3. The van der Waals surface area contributed by atoms with Gasteiger partial charge in [0.25, 0.3) is 0 Å². The van der Waals surface area contributed by atoms with E-state index in [-0.39, 0.29) is 10.3 Å². The summed E-state index contributed by atoms with van der Waals surface area (Å²) in [5.41, 5.74) is 0.623. The van der Waals surface area contributed by atoms with Gasteiger partial charge in [-0.2, -0.15) is 0 Å². The van der Waals surface area contributed by atoms with E-state index in [0.29, 0.717) is 23.5 Å². The van der Waals surface area contributed by atoms with Gasteiger partial charge in [0.2, 0.25) is 0 Å². The van der Waals surface area contributed by atoms with Crippen LogP contribution >= 0.6 is 23.2 Å². The van der Waals surface area contributed by atoms with Crippen molar-refractivity contribution in [3.8, 4) is 11.1 Å². The Morgan fingerprint density at radius 2 is 1.68 bits per heavy atom. The van der Waals surface area contributed by atoms with Gasteiger partial charge in [0.1, 0.15) is 21.9 Å². The summed E-state index contributed by atoms with van der Waals surface area (Å²) in [4.78, 5) is 10.2. The minimum atomic E-state index is -0.407. The zero-order chi connectivity index (χ0) is 14.0. The molecule has 0 N–H and O–H groups in total. The van der Waals surface area contributed by atoms with Crippen LogP contribution in [0.1, 0.15) is 5.82 Å². The lowest BCUT2D eigenvalue weighted by atomic mass is 10.1. The van der Waals surface area contributed by atoms with Crippen LogP contribution in [0.3, 0.4) is 0 Å². The van der Waals surface area contributed by atoms with Gasteiger partial charge in [0.05, 0.1) is 12.1 Å². The van der Waals surface area contributed by atoms with Gasteiger partial charge in [0.15, 0.2) is 0 Å². The third kappa shape index (κ3) is 3.21. The average Bonchev–Trinajstić information content (AvgIpc) is 2.29.